The lowest BCUT2D eigenvalue weighted by atomic mass is 9.73. The van der Waals surface area contributed by atoms with Gasteiger partial charge in [-0.3, -0.25) is 9.59 Å². The van der Waals surface area contributed by atoms with Crippen molar-refractivity contribution in [1.29, 1.82) is 0 Å². The fourth-order valence-electron chi connectivity index (χ4n) is 4.22. The van der Waals surface area contributed by atoms with Crippen LogP contribution in [-0.4, -0.2) is 57.2 Å². The normalized spacial score (nSPS) is 16.5. The number of amides is 2. The van der Waals surface area contributed by atoms with E-state index in [4.69, 9.17) is 32.5 Å². The van der Waals surface area contributed by atoms with Crippen LogP contribution in [0.2, 0.25) is 10.0 Å². The van der Waals surface area contributed by atoms with E-state index in [-0.39, 0.29) is 28.4 Å². The highest BCUT2D eigenvalue weighted by molar-refractivity contribution is 9.10. The number of hydrogen-bond donors (Lipinski definition) is 3. The Morgan fingerprint density at radius 1 is 1.03 bits per heavy atom. The van der Waals surface area contributed by atoms with Crippen molar-refractivity contribution in [2.24, 2.45) is 5.92 Å². The Labute approximate surface area is 244 Å². The lowest BCUT2D eigenvalue weighted by molar-refractivity contribution is -0.123. The maximum atomic E-state index is 13.7. The van der Waals surface area contributed by atoms with Crippen molar-refractivity contribution < 1.29 is 18.9 Å². The predicted molar refractivity (Wildman–Crippen MR) is 157 cm³/mol. The largest absolute Gasteiger partial charge is 0.480 e. The van der Waals surface area contributed by atoms with Gasteiger partial charge in [0.05, 0.1) is 21.5 Å². The first-order valence-corrected chi connectivity index (χ1v) is 14.5. The van der Waals surface area contributed by atoms with Gasteiger partial charge < -0.3 is 25.3 Å². The second-order valence-electron chi connectivity index (χ2n) is 9.77. The van der Waals surface area contributed by atoms with Gasteiger partial charge >= 0.3 is 7.12 Å². The minimum Gasteiger partial charge on any atom is -0.410 e. The second kappa shape index (κ2) is 15.8. The molecule has 3 rings (SSSR count). The smallest absolute Gasteiger partial charge is 0.410 e. The number of hydrogen-bond acceptors (Lipinski definition) is 5. The van der Waals surface area contributed by atoms with E-state index in [0.717, 1.165) is 31.5 Å². The van der Waals surface area contributed by atoms with Crippen LogP contribution in [0, 0.1) is 5.92 Å². The zero-order chi connectivity index (χ0) is 27.5. The van der Waals surface area contributed by atoms with Crippen molar-refractivity contribution in [1.82, 2.24) is 16.0 Å². The van der Waals surface area contributed by atoms with Crippen molar-refractivity contribution in [3.8, 4) is 0 Å². The minimum absolute atomic E-state index is 0.199. The van der Waals surface area contributed by atoms with Crippen LogP contribution in [0.5, 0.6) is 0 Å². The summed E-state index contributed by atoms with van der Waals surface area (Å²) in [6, 6.07) is 11.7. The lowest BCUT2D eigenvalue weighted by Gasteiger charge is -2.29. The maximum Gasteiger partial charge on any atom is 0.480 e. The van der Waals surface area contributed by atoms with Crippen LogP contribution >= 0.6 is 39.1 Å². The van der Waals surface area contributed by atoms with Crippen molar-refractivity contribution in [2.45, 2.75) is 51.5 Å². The Morgan fingerprint density at radius 3 is 2.32 bits per heavy atom. The van der Waals surface area contributed by atoms with Crippen LogP contribution in [0.3, 0.4) is 0 Å². The van der Waals surface area contributed by atoms with Gasteiger partial charge in [-0.25, -0.2) is 0 Å². The van der Waals surface area contributed by atoms with E-state index in [0.29, 0.717) is 35.6 Å². The molecule has 1 saturated heterocycles. The van der Waals surface area contributed by atoms with E-state index >= 15 is 0 Å². The first-order valence-electron chi connectivity index (χ1n) is 13.0. The van der Waals surface area contributed by atoms with Gasteiger partial charge in [0.1, 0.15) is 6.04 Å². The van der Waals surface area contributed by atoms with Gasteiger partial charge in [-0.05, 0) is 71.9 Å². The first kappa shape index (κ1) is 30.9. The summed E-state index contributed by atoms with van der Waals surface area (Å²) in [5, 5.41) is 9.96. The molecule has 0 aromatic heterocycles. The van der Waals surface area contributed by atoms with E-state index < -0.39 is 19.1 Å². The average Bonchev–Trinajstić information content (AvgIpc) is 2.88. The minimum atomic E-state index is -0.853. The maximum absolute atomic E-state index is 13.7. The van der Waals surface area contributed by atoms with Crippen LogP contribution in [0.25, 0.3) is 0 Å². The third kappa shape index (κ3) is 9.85. The average molecular weight is 627 g/mol. The third-order valence-electron chi connectivity index (χ3n) is 6.10. The number of carbonyl (C=O) groups excluding carboxylic acids is 2. The van der Waals surface area contributed by atoms with E-state index in [1.807, 2.05) is 30.3 Å². The monoisotopic (exact) mass is 625 g/mol. The number of benzene rings is 2. The van der Waals surface area contributed by atoms with E-state index in [1.165, 1.54) is 6.07 Å². The van der Waals surface area contributed by atoms with Crippen LogP contribution in [-0.2, 0) is 20.5 Å². The van der Waals surface area contributed by atoms with E-state index in [9.17, 15) is 9.59 Å². The molecule has 2 amide bonds. The highest BCUT2D eigenvalue weighted by atomic mass is 79.9. The van der Waals surface area contributed by atoms with Gasteiger partial charge in [0.25, 0.3) is 5.91 Å². The van der Waals surface area contributed by atoms with Crippen LogP contribution in [0.1, 0.15) is 49.0 Å². The topological polar surface area (TPSA) is 88.7 Å². The van der Waals surface area contributed by atoms with Gasteiger partial charge in [-0.1, -0.05) is 67.4 Å². The van der Waals surface area contributed by atoms with Crippen LogP contribution in [0.4, 0.5) is 0 Å². The summed E-state index contributed by atoms with van der Waals surface area (Å²) in [5.74, 6) is -0.874. The molecule has 1 fully saturated rings. The van der Waals surface area contributed by atoms with Crippen molar-refractivity contribution in [3.63, 3.8) is 0 Å². The van der Waals surface area contributed by atoms with Gasteiger partial charge in [0, 0.05) is 24.1 Å². The Bertz CT molecular complexity index is 1050. The summed E-state index contributed by atoms with van der Waals surface area (Å²) >= 11 is 15.8. The molecule has 1 heterocycles. The number of halogens is 3. The molecule has 0 unspecified atom stereocenters. The summed E-state index contributed by atoms with van der Waals surface area (Å²) < 4.78 is 12.7. The summed E-state index contributed by atoms with van der Waals surface area (Å²) in [7, 11) is -0.575. The Balaban J connectivity index is 1.82. The highest BCUT2D eigenvalue weighted by Gasteiger charge is 2.35. The SMILES string of the molecule is CC(C)C[C@H](NC(=O)[C@H](Cc1ccccc1)NC(=O)c1cc(Br)c(Cl)cc1Cl)B1OCCCNCCCO1. The molecule has 0 radical (unpaired) electrons. The third-order valence-corrected chi connectivity index (χ3v) is 7.61. The van der Waals surface area contributed by atoms with Gasteiger partial charge in [-0.2, -0.15) is 0 Å². The molecule has 7 nitrogen and oxygen atoms in total. The van der Waals surface area contributed by atoms with E-state index in [2.05, 4.69) is 45.7 Å². The number of carbonyl (C=O) groups is 2. The molecule has 2 atom stereocenters. The second-order valence-corrected chi connectivity index (χ2v) is 11.4. The summed E-state index contributed by atoms with van der Waals surface area (Å²) in [6.07, 6.45) is 2.67. The molecule has 0 saturated carbocycles. The predicted octanol–water partition coefficient (Wildman–Crippen LogP) is 5.07. The first-order chi connectivity index (χ1) is 18.2. The quantitative estimate of drug-likeness (QED) is 0.267. The number of rotatable bonds is 9. The Morgan fingerprint density at radius 2 is 1.68 bits per heavy atom. The molecule has 2 aromatic carbocycles. The fraction of sp³-hybridized carbons (Fsp3) is 0.481. The van der Waals surface area contributed by atoms with Crippen molar-refractivity contribution >= 4 is 58.1 Å². The Kier molecular flexibility index (Phi) is 12.9. The molecule has 1 aliphatic heterocycles. The summed E-state index contributed by atoms with van der Waals surface area (Å²) in [6.45, 7) is 6.98. The molecular weight excluding hydrogens is 592 g/mol. The molecule has 1 aliphatic rings. The van der Waals surface area contributed by atoms with Crippen molar-refractivity contribution in [2.75, 3.05) is 26.3 Å². The van der Waals surface area contributed by atoms with E-state index in [1.54, 1.807) is 6.07 Å². The zero-order valence-corrected chi connectivity index (χ0v) is 24.9. The zero-order valence-electron chi connectivity index (χ0n) is 21.8. The number of nitrogens with one attached hydrogen (secondary N) is 3. The molecule has 2 aromatic rings. The van der Waals surface area contributed by atoms with Crippen LogP contribution < -0.4 is 16.0 Å². The standard InChI is InChI=1S/C27H35BBrCl2N3O4/c1-18(2)14-25(28-37-12-6-10-32-11-7-13-38-28)34-27(36)24(15-19-8-4-3-5-9-19)33-26(35)20-16-21(29)23(31)17-22(20)30/h3-5,8-9,16-18,24-25,32H,6-7,10-15H2,1-2H3,(H,33,35)(H,34,36)/t24-,25-/m0/s1. The fourth-order valence-corrected chi connectivity index (χ4v) is 5.03. The van der Waals surface area contributed by atoms with Gasteiger partial charge in [0.2, 0.25) is 5.91 Å². The molecule has 0 aliphatic carbocycles. The lowest BCUT2D eigenvalue weighted by Crippen LogP contribution is -2.56. The molecule has 11 heteroatoms. The molecule has 38 heavy (non-hydrogen) atoms. The molecule has 206 valence electrons. The van der Waals surface area contributed by atoms with Crippen molar-refractivity contribution in [3.05, 3.63) is 68.1 Å². The van der Waals surface area contributed by atoms with Gasteiger partial charge in [0.15, 0.2) is 0 Å². The molecule has 3 N–H and O–H groups in total. The summed E-state index contributed by atoms with van der Waals surface area (Å²) in [4.78, 5) is 27.0. The highest BCUT2D eigenvalue weighted by Crippen LogP contribution is 2.29. The Hall–Kier alpha value is -1.62. The molecular formula is C27H35BBrCl2N3O4. The van der Waals surface area contributed by atoms with Gasteiger partial charge in [-0.15, -0.1) is 0 Å². The molecule has 0 spiro atoms. The van der Waals surface area contributed by atoms with Crippen LogP contribution in [0.15, 0.2) is 46.9 Å². The summed E-state index contributed by atoms with van der Waals surface area (Å²) in [5.41, 5.74) is 1.13. The molecule has 0 bridgehead atoms.